The first-order valence-corrected chi connectivity index (χ1v) is 8.26. The number of hydrogen-bond donors (Lipinski definition) is 0. The van der Waals surface area contributed by atoms with E-state index < -0.39 is 0 Å². The van der Waals surface area contributed by atoms with Gasteiger partial charge in [-0.1, -0.05) is 35.5 Å². The monoisotopic (exact) mass is 350 g/mol. The highest BCUT2D eigenvalue weighted by Gasteiger charge is 2.22. The Morgan fingerprint density at radius 1 is 1.00 bits per heavy atom. The van der Waals surface area contributed by atoms with Gasteiger partial charge in [-0.15, -0.1) is 10.2 Å². The van der Waals surface area contributed by atoms with Crippen LogP contribution in [0.15, 0.2) is 62.1 Å². The lowest BCUT2D eigenvalue weighted by Crippen LogP contribution is -2.17. The summed E-state index contributed by atoms with van der Waals surface area (Å²) in [4.78, 5) is 2.04. The van der Waals surface area contributed by atoms with Gasteiger partial charge in [0, 0.05) is 5.56 Å². The van der Waals surface area contributed by atoms with Crippen LogP contribution in [0, 0.1) is 6.92 Å². The minimum absolute atomic E-state index is 0.406. The fourth-order valence-electron chi connectivity index (χ4n) is 2.79. The molecule has 7 nitrogen and oxygen atoms in total. The molecular weight excluding hydrogens is 332 g/mol. The number of rotatable bonds is 6. The predicted molar refractivity (Wildman–Crippen MR) is 93.8 cm³/mol. The first kappa shape index (κ1) is 16.3. The molecule has 0 aliphatic rings. The first-order chi connectivity index (χ1) is 12.7. The molecule has 0 spiro atoms. The predicted octanol–water partition coefficient (Wildman–Crippen LogP) is 3.93. The molecule has 1 aromatic carbocycles. The van der Waals surface area contributed by atoms with Gasteiger partial charge in [0.15, 0.2) is 0 Å². The molecule has 0 amide bonds. The van der Waals surface area contributed by atoms with Crippen molar-refractivity contribution in [3.8, 4) is 22.7 Å². The molecule has 0 unspecified atom stereocenters. The van der Waals surface area contributed by atoms with Crippen LogP contribution in [-0.4, -0.2) is 27.3 Å². The molecule has 3 heterocycles. The molecule has 0 saturated heterocycles. The second-order valence-corrected chi connectivity index (χ2v) is 6.08. The highest BCUT2D eigenvalue weighted by atomic mass is 16.5. The summed E-state index contributed by atoms with van der Waals surface area (Å²) in [6.45, 7) is 3.01. The van der Waals surface area contributed by atoms with E-state index in [1.54, 1.807) is 6.26 Å². The van der Waals surface area contributed by atoms with Crippen molar-refractivity contribution in [2.45, 2.75) is 20.0 Å². The first-order valence-electron chi connectivity index (χ1n) is 8.26. The van der Waals surface area contributed by atoms with E-state index in [2.05, 4.69) is 15.4 Å². The van der Waals surface area contributed by atoms with Crippen molar-refractivity contribution >= 4 is 0 Å². The van der Waals surface area contributed by atoms with Crippen molar-refractivity contribution in [3.05, 3.63) is 66.1 Å². The molecule has 0 atom stereocenters. The minimum atomic E-state index is 0.406. The minimum Gasteiger partial charge on any atom is -0.468 e. The van der Waals surface area contributed by atoms with Gasteiger partial charge >= 0.3 is 0 Å². The zero-order valence-electron chi connectivity index (χ0n) is 14.5. The smallest absolute Gasteiger partial charge is 0.253 e. The Labute approximate surface area is 150 Å². The number of furan rings is 1. The summed E-state index contributed by atoms with van der Waals surface area (Å²) < 4.78 is 16.6. The molecule has 26 heavy (non-hydrogen) atoms. The zero-order chi connectivity index (χ0) is 17.9. The van der Waals surface area contributed by atoms with Crippen LogP contribution in [0.1, 0.15) is 17.4 Å². The summed E-state index contributed by atoms with van der Waals surface area (Å²) in [5, 5.41) is 12.5. The van der Waals surface area contributed by atoms with E-state index in [4.69, 9.17) is 13.4 Å². The van der Waals surface area contributed by atoms with Crippen molar-refractivity contribution in [3.63, 3.8) is 0 Å². The van der Waals surface area contributed by atoms with Crippen molar-refractivity contribution in [1.82, 2.24) is 20.3 Å². The summed E-state index contributed by atoms with van der Waals surface area (Å²) in [5.74, 6) is 2.45. The molecule has 0 N–H and O–H groups in total. The number of aromatic nitrogens is 3. The molecule has 0 radical (unpaired) electrons. The van der Waals surface area contributed by atoms with Crippen molar-refractivity contribution in [1.29, 1.82) is 0 Å². The molecule has 0 saturated carbocycles. The van der Waals surface area contributed by atoms with Crippen LogP contribution < -0.4 is 0 Å². The third-order valence-corrected chi connectivity index (χ3v) is 4.00. The number of aryl methyl sites for hydroxylation is 1. The quantitative estimate of drug-likeness (QED) is 0.521. The SMILES string of the molecule is Cc1onc(-c2ccccc2)c1-c1nnc(CN(C)Cc2ccco2)o1. The number of hydrogen-bond acceptors (Lipinski definition) is 7. The Kier molecular flexibility index (Phi) is 4.37. The maximum Gasteiger partial charge on any atom is 0.253 e. The average molecular weight is 350 g/mol. The van der Waals surface area contributed by atoms with Crippen LogP contribution in [0.25, 0.3) is 22.7 Å². The van der Waals surface area contributed by atoms with Gasteiger partial charge in [-0.2, -0.15) is 0 Å². The fraction of sp³-hybridized carbons (Fsp3) is 0.211. The molecule has 0 aliphatic heterocycles. The van der Waals surface area contributed by atoms with Gasteiger partial charge in [-0.3, -0.25) is 4.90 Å². The third-order valence-electron chi connectivity index (χ3n) is 4.00. The van der Waals surface area contributed by atoms with Gasteiger partial charge in [0.2, 0.25) is 5.89 Å². The lowest BCUT2D eigenvalue weighted by atomic mass is 10.1. The standard InChI is InChI=1S/C19H18N4O3/c1-13-17(18(22-26-13)14-7-4-3-5-8-14)19-21-20-16(25-19)12-23(2)11-15-9-6-10-24-15/h3-10H,11-12H2,1-2H3. The summed E-state index contributed by atoms with van der Waals surface area (Å²) in [6.07, 6.45) is 1.66. The van der Waals surface area contributed by atoms with Gasteiger partial charge in [-0.05, 0) is 26.1 Å². The van der Waals surface area contributed by atoms with Crippen molar-refractivity contribution in [2.24, 2.45) is 0 Å². The maximum absolute atomic E-state index is 5.87. The average Bonchev–Trinajstić information content (AvgIpc) is 3.37. The zero-order valence-corrected chi connectivity index (χ0v) is 14.5. The van der Waals surface area contributed by atoms with E-state index in [1.807, 2.05) is 61.3 Å². The van der Waals surface area contributed by atoms with Crippen LogP contribution in [0.2, 0.25) is 0 Å². The largest absolute Gasteiger partial charge is 0.468 e. The molecule has 0 fully saturated rings. The topological polar surface area (TPSA) is 81.3 Å². The second kappa shape index (κ2) is 6.97. The lowest BCUT2D eigenvalue weighted by molar-refractivity contribution is 0.260. The normalized spacial score (nSPS) is 11.3. The van der Waals surface area contributed by atoms with Gasteiger partial charge < -0.3 is 13.4 Å². The summed E-state index contributed by atoms with van der Waals surface area (Å²) in [5.41, 5.74) is 2.36. The van der Waals surface area contributed by atoms with Crippen LogP contribution in [0.4, 0.5) is 0 Å². The molecule has 0 bridgehead atoms. The highest BCUT2D eigenvalue weighted by molar-refractivity contribution is 5.77. The summed E-state index contributed by atoms with van der Waals surface area (Å²) in [7, 11) is 1.96. The van der Waals surface area contributed by atoms with Crippen molar-refractivity contribution < 1.29 is 13.4 Å². The molecule has 3 aromatic heterocycles. The second-order valence-electron chi connectivity index (χ2n) is 6.08. The van der Waals surface area contributed by atoms with E-state index in [1.165, 1.54) is 0 Å². The Morgan fingerprint density at radius 2 is 1.85 bits per heavy atom. The molecule has 4 aromatic rings. The van der Waals surface area contributed by atoms with E-state index in [-0.39, 0.29) is 0 Å². The Bertz CT molecular complexity index is 974. The Balaban J connectivity index is 1.56. The Hall–Kier alpha value is -3.19. The molecule has 132 valence electrons. The van der Waals surface area contributed by atoms with E-state index in [0.29, 0.717) is 36.3 Å². The third kappa shape index (κ3) is 3.29. The van der Waals surface area contributed by atoms with Gasteiger partial charge in [0.1, 0.15) is 22.8 Å². The summed E-state index contributed by atoms with van der Waals surface area (Å²) in [6, 6.07) is 13.6. The fourth-order valence-corrected chi connectivity index (χ4v) is 2.79. The van der Waals surface area contributed by atoms with Crippen LogP contribution in [0.5, 0.6) is 0 Å². The van der Waals surface area contributed by atoms with Crippen LogP contribution >= 0.6 is 0 Å². The number of nitrogens with zero attached hydrogens (tertiary/aromatic N) is 4. The molecule has 7 heteroatoms. The highest BCUT2D eigenvalue weighted by Crippen LogP contribution is 2.33. The van der Waals surface area contributed by atoms with E-state index >= 15 is 0 Å². The maximum atomic E-state index is 5.87. The number of benzene rings is 1. The van der Waals surface area contributed by atoms with Crippen molar-refractivity contribution in [2.75, 3.05) is 7.05 Å². The van der Waals surface area contributed by atoms with E-state index in [0.717, 1.165) is 16.9 Å². The van der Waals surface area contributed by atoms with Crippen LogP contribution in [-0.2, 0) is 13.1 Å². The Morgan fingerprint density at radius 3 is 2.62 bits per heavy atom. The molecular formula is C19H18N4O3. The summed E-state index contributed by atoms with van der Waals surface area (Å²) >= 11 is 0. The van der Waals surface area contributed by atoms with Gasteiger partial charge in [-0.25, -0.2) is 0 Å². The molecule has 4 rings (SSSR count). The van der Waals surface area contributed by atoms with Gasteiger partial charge in [0.25, 0.3) is 5.89 Å². The van der Waals surface area contributed by atoms with Crippen LogP contribution in [0.3, 0.4) is 0 Å². The van der Waals surface area contributed by atoms with E-state index in [9.17, 15) is 0 Å². The lowest BCUT2D eigenvalue weighted by Gasteiger charge is -2.11. The molecule has 0 aliphatic carbocycles. The van der Waals surface area contributed by atoms with Gasteiger partial charge in [0.05, 0.1) is 19.4 Å².